The van der Waals surface area contributed by atoms with E-state index in [1.807, 2.05) is 6.92 Å². The summed E-state index contributed by atoms with van der Waals surface area (Å²) in [7, 11) is 1.59. The van der Waals surface area contributed by atoms with Gasteiger partial charge in [-0.2, -0.15) is 0 Å². The van der Waals surface area contributed by atoms with E-state index in [4.69, 9.17) is 21.4 Å². The van der Waals surface area contributed by atoms with E-state index in [9.17, 15) is 0 Å². The van der Waals surface area contributed by atoms with Gasteiger partial charge in [0.05, 0.1) is 18.8 Å². The van der Waals surface area contributed by atoms with Crippen molar-refractivity contribution in [1.29, 1.82) is 0 Å². The van der Waals surface area contributed by atoms with Gasteiger partial charge < -0.3 is 15.2 Å². The summed E-state index contributed by atoms with van der Waals surface area (Å²) in [6, 6.07) is 1.46. The van der Waals surface area contributed by atoms with Gasteiger partial charge >= 0.3 is 0 Å². The fourth-order valence-electron chi connectivity index (χ4n) is 1.08. The van der Waals surface area contributed by atoms with Crippen molar-refractivity contribution in [3.63, 3.8) is 0 Å². The average molecular weight is 232 g/mol. The first-order valence-corrected chi connectivity index (χ1v) is 4.94. The molecule has 0 aliphatic carbocycles. The number of hydrogen-bond acceptors (Lipinski definition) is 5. The van der Waals surface area contributed by atoms with Crippen LogP contribution in [-0.4, -0.2) is 40.9 Å². The van der Waals surface area contributed by atoms with E-state index < -0.39 is 0 Å². The van der Waals surface area contributed by atoms with Gasteiger partial charge in [0.15, 0.2) is 0 Å². The highest BCUT2D eigenvalue weighted by Crippen LogP contribution is 2.09. The number of anilines is 1. The molecule has 6 heteroatoms. The van der Waals surface area contributed by atoms with Crippen LogP contribution in [0.4, 0.5) is 5.82 Å². The Balaban J connectivity index is 2.66. The minimum absolute atomic E-state index is 0.0450. The second-order valence-corrected chi connectivity index (χ2v) is 3.42. The predicted molar refractivity (Wildman–Crippen MR) is 58.0 cm³/mol. The molecule has 0 saturated carbocycles. The first kappa shape index (κ1) is 12.2. The molecule has 0 unspecified atom stereocenters. The van der Waals surface area contributed by atoms with Crippen molar-refractivity contribution >= 4 is 17.4 Å². The van der Waals surface area contributed by atoms with Gasteiger partial charge in [-0.15, -0.1) is 0 Å². The lowest BCUT2D eigenvalue weighted by atomic mass is 10.2. The van der Waals surface area contributed by atoms with E-state index in [1.165, 1.54) is 0 Å². The lowest BCUT2D eigenvalue weighted by molar-refractivity contribution is 0.0798. The Labute approximate surface area is 93.5 Å². The molecule has 5 nitrogen and oxygen atoms in total. The molecule has 0 fully saturated rings. The molecule has 0 amide bonds. The van der Waals surface area contributed by atoms with Crippen molar-refractivity contribution in [2.24, 2.45) is 0 Å². The quantitative estimate of drug-likeness (QED) is 0.739. The third-order valence-corrected chi connectivity index (χ3v) is 2.28. The zero-order valence-electron chi connectivity index (χ0n) is 8.64. The molecule has 1 aromatic rings. The van der Waals surface area contributed by atoms with Crippen LogP contribution in [-0.2, 0) is 4.74 Å². The van der Waals surface area contributed by atoms with Gasteiger partial charge in [-0.1, -0.05) is 0 Å². The topological polar surface area (TPSA) is 67.3 Å². The summed E-state index contributed by atoms with van der Waals surface area (Å²) in [6.45, 7) is 1.81. The minimum atomic E-state index is -0.221. The molecular formula is C9H14ClN3O2. The molecule has 1 heterocycles. The summed E-state index contributed by atoms with van der Waals surface area (Å²) in [4.78, 5) is 7.71. The fourth-order valence-corrected chi connectivity index (χ4v) is 1.23. The van der Waals surface area contributed by atoms with Crippen LogP contribution in [0.15, 0.2) is 12.3 Å². The monoisotopic (exact) mass is 231 g/mol. The van der Waals surface area contributed by atoms with Crippen molar-refractivity contribution in [2.75, 3.05) is 19.0 Å². The Bertz CT molecular complexity index is 311. The maximum absolute atomic E-state index is 9.14. The maximum atomic E-state index is 9.14. The number of aliphatic hydroxyl groups is 1. The number of halogens is 1. The average Bonchev–Trinajstić information content (AvgIpc) is 2.25. The molecule has 0 aliphatic rings. The van der Waals surface area contributed by atoms with E-state index in [1.54, 1.807) is 19.4 Å². The Morgan fingerprint density at radius 3 is 2.93 bits per heavy atom. The minimum Gasteiger partial charge on any atom is -0.394 e. The fraction of sp³-hybridized carbons (Fsp3) is 0.556. The van der Waals surface area contributed by atoms with E-state index in [0.717, 1.165) is 0 Å². The molecular weight excluding hydrogens is 218 g/mol. The van der Waals surface area contributed by atoms with Crippen molar-refractivity contribution in [3.8, 4) is 0 Å². The van der Waals surface area contributed by atoms with Gasteiger partial charge in [-0.25, -0.2) is 9.97 Å². The van der Waals surface area contributed by atoms with Crippen molar-refractivity contribution < 1.29 is 9.84 Å². The van der Waals surface area contributed by atoms with Crippen molar-refractivity contribution in [2.45, 2.75) is 19.1 Å². The molecule has 0 spiro atoms. The maximum Gasteiger partial charge on any atom is 0.224 e. The van der Waals surface area contributed by atoms with Gasteiger partial charge in [0.25, 0.3) is 0 Å². The summed E-state index contributed by atoms with van der Waals surface area (Å²) >= 11 is 5.63. The molecule has 0 radical (unpaired) electrons. The van der Waals surface area contributed by atoms with Gasteiger partial charge in [0.2, 0.25) is 5.28 Å². The van der Waals surface area contributed by atoms with Gasteiger partial charge in [-0.3, -0.25) is 0 Å². The number of aromatic nitrogens is 2. The summed E-state index contributed by atoms with van der Waals surface area (Å²) in [5, 5.41) is 12.3. The molecule has 0 bridgehead atoms. The molecule has 1 rings (SSSR count). The molecule has 0 saturated heterocycles. The van der Waals surface area contributed by atoms with E-state index in [2.05, 4.69) is 15.3 Å². The van der Waals surface area contributed by atoms with Crippen LogP contribution >= 0.6 is 11.6 Å². The number of methoxy groups -OCH3 is 1. The standard InChI is InChI=1S/C9H14ClN3O2/c1-6(15-2)7(5-14)12-8-3-4-11-9(10)13-8/h3-4,6-7,14H,5H2,1-2H3,(H,11,12,13)/t6-,7-/m1/s1. The highest BCUT2D eigenvalue weighted by molar-refractivity contribution is 6.28. The molecule has 0 aliphatic heterocycles. The summed E-state index contributed by atoms with van der Waals surface area (Å²) in [6.07, 6.45) is 1.42. The van der Waals surface area contributed by atoms with Gasteiger partial charge in [0, 0.05) is 13.3 Å². The normalized spacial score (nSPS) is 14.7. The van der Waals surface area contributed by atoms with Gasteiger partial charge in [-0.05, 0) is 24.6 Å². The number of ether oxygens (including phenoxy) is 1. The predicted octanol–water partition coefficient (Wildman–Crippen LogP) is 0.938. The molecule has 84 valence electrons. The molecule has 2 atom stereocenters. The number of rotatable bonds is 5. The van der Waals surface area contributed by atoms with E-state index >= 15 is 0 Å². The van der Waals surface area contributed by atoms with Crippen LogP contribution in [0, 0.1) is 0 Å². The van der Waals surface area contributed by atoms with Crippen molar-refractivity contribution in [3.05, 3.63) is 17.5 Å². The summed E-state index contributed by atoms with van der Waals surface area (Å²) < 4.78 is 5.11. The van der Waals surface area contributed by atoms with Crippen LogP contribution in [0.1, 0.15) is 6.92 Å². The Hall–Kier alpha value is -0.910. The largest absolute Gasteiger partial charge is 0.394 e. The molecule has 15 heavy (non-hydrogen) atoms. The van der Waals surface area contributed by atoms with Crippen LogP contribution in [0.5, 0.6) is 0 Å². The summed E-state index contributed by atoms with van der Waals surface area (Å²) in [5.74, 6) is 0.568. The van der Waals surface area contributed by atoms with Gasteiger partial charge in [0.1, 0.15) is 5.82 Å². The Kier molecular flexibility index (Phi) is 4.74. The summed E-state index contributed by atoms with van der Waals surface area (Å²) in [5.41, 5.74) is 0. The van der Waals surface area contributed by atoms with E-state index in [0.29, 0.717) is 5.82 Å². The SMILES string of the molecule is CO[C@H](C)[C@@H](CO)Nc1ccnc(Cl)n1. The zero-order valence-corrected chi connectivity index (χ0v) is 9.40. The highest BCUT2D eigenvalue weighted by atomic mass is 35.5. The number of nitrogens with zero attached hydrogens (tertiary/aromatic N) is 2. The van der Waals surface area contributed by atoms with Crippen LogP contribution in [0.25, 0.3) is 0 Å². The molecule has 0 aromatic carbocycles. The van der Waals surface area contributed by atoms with Crippen molar-refractivity contribution in [1.82, 2.24) is 9.97 Å². The number of aliphatic hydroxyl groups excluding tert-OH is 1. The van der Waals surface area contributed by atoms with Crippen LogP contribution < -0.4 is 5.32 Å². The molecule has 2 N–H and O–H groups in total. The second-order valence-electron chi connectivity index (χ2n) is 3.09. The lowest BCUT2D eigenvalue weighted by Crippen LogP contribution is -2.36. The first-order chi connectivity index (χ1) is 7.17. The Morgan fingerprint density at radius 2 is 2.40 bits per heavy atom. The first-order valence-electron chi connectivity index (χ1n) is 4.56. The third kappa shape index (κ3) is 3.62. The number of nitrogens with one attached hydrogen (secondary N) is 1. The van der Waals surface area contributed by atoms with E-state index in [-0.39, 0.29) is 24.0 Å². The van der Waals surface area contributed by atoms with Crippen LogP contribution in [0.3, 0.4) is 0 Å². The Morgan fingerprint density at radius 1 is 1.67 bits per heavy atom. The smallest absolute Gasteiger partial charge is 0.224 e. The second kappa shape index (κ2) is 5.85. The third-order valence-electron chi connectivity index (χ3n) is 2.09. The molecule has 1 aromatic heterocycles. The highest BCUT2D eigenvalue weighted by Gasteiger charge is 2.15. The van der Waals surface area contributed by atoms with Crippen LogP contribution in [0.2, 0.25) is 5.28 Å². The number of hydrogen-bond donors (Lipinski definition) is 2. The zero-order chi connectivity index (χ0) is 11.3. The lowest BCUT2D eigenvalue weighted by Gasteiger charge is -2.22.